The number of hydrogen-bond donors (Lipinski definition) is 3. The minimum atomic E-state index is -0.949. The third-order valence-corrected chi connectivity index (χ3v) is 3.70. The van der Waals surface area contributed by atoms with Gasteiger partial charge in [0.05, 0.1) is 12.5 Å². The third-order valence-electron chi connectivity index (χ3n) is 3.70. The van der Waals surface area contributed by atoms with Crippen molar-refractivity contribution in [2.24, 2.45) is 0 Å². The molecule has 0 saturated carbocycles. The summed E-state index contributed by atoms with van der Waals surface area (Å²) in [5.74, 6) is -0.584. The molecule has 1 aliphatic carbocycles. The molecule has 0 saturated heterocycles. The Kier molecular flexibility index (Phi) is 5.16. The predicted octanol–water partition coefficient (Wildman–Crippen LogP) is 1.12. The molecule has 2 atom stereocenters. The zero-order valence-corrected chi connectivity index (χ0v) is 12.0. The first-order chi connectivity index (χ1) is 10.1. The Morgan fingerprint density at radius 3 is 2.81 bits per heavy atom. The van der Waals surface area contributed by atoms with Crippen molar-refractivity contribution >= 4 is 12.0 Å². The van der Waals surface area contributed by atoms with E-state index in [2.05, 4.69) is 22.8 Å². The Hall–Kier alpha value is -2.08. The van der Waals surface area contributed by atoms with E-state index in [1.165, 1.54) is 18.2 Å². The van der Waals surface area contributed by atoms with Crippen molar-refractivity contribution in [3.05, 3.63) is 35.4 Å². The van der Waals surface area contributed by atoms with Gasteiger partial charge in [-0.15, -0.1) is 0 Å². The van der Waals surface area contributed by atoms with Gasteiger partial charge in [-0.3, -0.25) is 4.79 Å². The molecule has 0 fully saturated rings. The number of urea groups is 1. The highest BCUT2D eigenvalue weighted by Crippen LogP contribution is 2.33. The van der Waals surface area contributed by atoms with E-state index in [0.29, 0.717) is 12.5 Å². The van der Waals surface area contributed by atoms with Crippen molar-refractivity contribution in [3.8, 4) is 0 Å². The van der Waals surface area contributed by atoms with Crippen LogP contribution in [-0.2, 0) is 16.0 Å². The van der Waals surface area contributed by atoms with E-state index in [-0.39, 0.29) is 19.0 Å². The molecule has 6 heteroatoms. The summed E-state index contributed by atoms with van der Waals surface area (Å²) >= 11 is 0. The van der Waals surface area contributed by atoms with Gasteiger partial charge in [0, 0.05) is 26.1 Å². The third kappa shape index (κ3) is 4.19. The zero-order chi connectivity index (χ0) is 15.2. The van der Waals surface area contributed by atoms with E-state index >= 15 is 0 Å². The van der Waals surface area contributed by atoms with Gasteiger partial charge in [0.15, 0.2) is 0 Å². The van der Waals surface area contributed by atoms with Crippen LogP contribution in [0.1, 0.15) is 23.5 Å². The van der Waals surface area contributed by atoms with Gasteiger partial charge < -0.3 is 20.5 Å². The molecule has 21 heavy (non-hydrogen) atoms. The maximum absolute atomic E-state index is 11.7. The number of amides is 2. The van der Waals surface area contributed by atoms with E-state index in [4.69, 9.17) is 9.84 Å². The largest absolute Gasteiger partial charge is 0.481 e. The number of carboxylic acids is 1. The molecule has 6 nitrogen and oxygen atoms in total. The molecule has 3 N–H and O–H groups in total. The number of carboxylic acid groups (broad SMARTS) is 1. The fraction of sp³-hybridized carbons (Fsp3) is 0.467. The minimum absolute atomic E-state index is 0.132. The van der Waals surface area contributed by atoms with Crippen LogP contribution < -0.4 is 10.6 Å². The molecule has 2 rings (SSSR count). The van der Waals surface area contributed by atoms with Crippen LogP contribution in [0, 0.1) is 0 Å². The lowest BCUT2D eigenvalue weighted by Gasteiger charge is -2.30. The van der Waals surface area contributed by atoms with Gasteiger partial charge in [-0.2, -0.15) is 0 Å². The number of ether oxygens (including phenoxy) is 1. The van der Waals surface area contributed by atoms with Crippen LogP contribution in [0.25, 0.3) is 0 Å². The van der Waals surface area contributed by atoms with Crippen molar-refractivity contribution < 1.29 is 19.4 Å². The number of methoxy groups -OCH3 is 1. The molecule has 0 aromatic heterocycles. The molecule has 2 amide bonds. The monoisotopic (exact) mass is 292 g/mol. The Labute approximate surface area is 123 Å². The van der Waals surface area contributed by atoms with Crippen molar-refractivity contribution in [2.75, 3.05) is 20.2 Å². The standard InChI is InChI=1S/C15H20N2O4/c1-21-12(7-14(18)19)9-17-15(20)16-8-11-6-10-4-2-3-5-13(10)11/h2-5,11-12H,6-9H2,1H3,(H,18,19)(H2,16,17,20). The van der Waals surface area contributed by atoms with Crippen molar-refractivity contribution in [1.82, 2.24) is 10.6 Å². The van der Waals surface area contributed by atoms with Crippen LogP contribution in [-0.4, -0.2) is 43.4 Å². The van der Waals surface area contributed by atoms with Gasteiger partial charge in [0.2, 0.25) is 0 Å². The van der Waals surface area contributed by atoms with E-state index in [0.717, 1.165) is 6.42 Å². The number of carbonyl (C=O) groups excluding carboxylic acids is 1. The SMILES string of the molecule is COC(CNC(=O)NCC1Cc2ccccc21)CC(=O)O. The molecule has 0 spiro atoms. The van der Waals surface area contributed by atoms with Crippen molar-refractivity contribution in [3.63, 3.8) is 0 Å². The summed E-state index contributed by atoms with van der Waals surface area (Å²) in [6.07, 6.45) is 0.334. The highest BCUT2D eigenvalue weighted by molar-refractivity contribution is 5.74. The summed E-state index contributed by atoms with van der Waals surface area (Å²) in [6, 6.07) is 7.90. The summed E-state index contributed by atoms with van der Waals surface area (Å²) < 4.78 is 4.99. The maximum atomic E-state index is 11.7. The average molecular weight is 292 g/mol. The average Bonchev–Trinajstić information content (AvgIpc) is 2.44. The summed E-state index contributed by atoms with van der Waals surface area (Å²) in [5, 5.41) is 14.1. The fourth-order valence-corrected chi connectivity index (χ4v) is 2.46. The van der Waals surface area contributed by atoms with Crippen LogP contribution >= 0.6 is 0 Å². The van der Waals surface area contributed by atoms with Gasteiger partial charge in [-0.05, 0) is 17.5 Å². The molecule has 114 valence electrons. The highest BCUT2D eigenvalue weighted by atomic mass is 16.5. The van der Waals surface area contributed by atoms with E-state index < -0.39 is 12.1 Å². The Balaban J connectivity index is 1.68. The van der Waals surface area contributed by atoms with Gasteiger partial charge in [-0.1, -0.05) is 24.3 Å². The lowest BCUT2D eigenvalue weighted by atomic mass is 9.78. The highest BCUT2D eigenvalue weighted by Gasteiger charge is 2.25. The minimum Gasteiger partial charge on any atom is -0.481 e. The van der Waals surface area contributed by atoms with Crippen LogP contribution in [0.5, 0.6) is 0 Å². The molecular formula is C15H20N2O4. The van der Waals surface area contributed by atoms with E-state index in [1.54, 1.807) is 0 Å². The Bertz CT molecular complexity index is 518. The van der Waals surface area contributed by atoms with E-state index in [1.807, 2.05) is 12.1 Å². The second-order valence-corrected chi connectivity index (χ2v) is 5.15. The van der Waals surface area contributed by atoms with Gasteiger partial charge >= 0.3 is 12.0 Å². The number of aliphatic carboxylic acids is 1. The number of carbonyl (C=O) groups is 2. The molecule has 1 aromatic carbocycles. The summed E-state index contributed by atoms with van der Waals surface area (Å²) in [4.78, 5) is 22.3. The molecule has 2 unspecified atom stereocenters. The van der Waals surface area contributed by atoms with Crippen LogP contribution in [0.3, 0.4) is 0 Å². The molecule has 0 heterocycles. The first-order valence-corrected chi connectivity index (χ1v) is 6.94. The normalized spacial score (nSPS) is 17.3. The van der Waals surface area contributed by atoms with Crippen molar-refractivity contribution in [1.29, 1.82) is 0 Å². The first-order valence-electron chi connectivity index (χ1n) is 6.94. The topological polar surface area (TPSA) is 87.7 Å². The van der Waals surface area contributed by atoms with Gasteiger partial charge in [-0.25, -0.2) is 4.79 Å². The fourth-order valence-electron chi connectivity index (χ4n) is 2.46. The van der Waals surface area contributed by atoms with Crippen LogP contribution in [0.4, 0.5) is 4.79 Å². The molecule has 0 radical (unpaired) electrons. The van der Waals surface area contributed by atoms with Crippen LogP contribution in [0.15, 0.2) is 24.3 Å². The summed E-state index contributed by atoms with van der Waals surface area (Å²) in [6.45, 7) is 0.759. The van der Waals surface area contributed by atoms with Gasteiger partial charge in [0.1, 0.15) is 0 Å². The summed E-state index contributed by atoms with van der Waals surface area (Å²) in [5.41, 5.74) is 2.63. The van der Waals surface area contributed by atoms with Gasteiger partial charge in [0.25, 0.3) is 0 Å². The number of hydrogen-bond acceptors (Lipinski definition) is 3. The second-order valence-electron chi connectivity index (χ2n) is 5.15. The maximum Gasteiger partial charge on any atom is 0.314 e. The number of nitrogens with one attached hydrogen (secondary N) is 2. The smallest absolute Gasteiger partial charge is 0.314 e. The molecule has 0 bridgehead atoms. The first kappa shape index (κ1) is 15.3. The van der Waals surface area contributed by atoms with Crippen molar-refractivity contribution in [2.45, 2.75) is 24.9 Å². The Morgan fingerprint density at radius 2 is 2.14 bits per heavy atom. The lowest BCUT2D eigenvalue weighted by molar-refractivity contribution is -0.139. The lowest BCUT2D eigenvalue weighted by Crippen LogP contribution is -2.43. The quantitative estimate of drug-likeness (QED) is 0.702. The summed E-state index contributed by atoms with van der Waals surface area (Å²) in [7, 11) is 1.43. The number of rotatable bonds is 7. The molecule has 1 aromatic rings. The van der Waals surface area contributed by atoms with E-state index in [9.17, 15) is 9.59 Å². The van der Waals surface area contributed by atoms with Crippen LogP contribution in [0.2, 0.25) is 0 Å². The molecule has 1 aliphatic rings. The number of benzene rings is 1. The zero-order valence-electron chi connectivity index (χ0n) is 12.0. The number of fused-ring (bicyclic) bond motifs is 1. The Morgan fingerprint density at radius 1 is 1.38 bits per heavy atom. The molecular weight excluding hydrogens is 272 g/mol. The molecule has 0 aliphatic heterocycles. The second kappa shape index (κ2) is 7.08. The predicted molar refractivity (Wildman–Crippen MR) is 77.3 cm³/mol.